The van der Waals surface area contributed by atoms with Crippen molar-refractivity contribution in [2.24, 2.45) is 0 Å². The lowest BCUT2D eigenvalue weighted by Crippen LogP contribution is -2.27. The van der Waals surface area contributed by atoms with Gasteiger partial charge in [0.25, 0.3) is 5.56 Å². The Morgan fingerprint density at radius 3 is 2.48 bits per heavy atom. The fourth-order valence-electron chi connectivity index (χ4n) is 2.34. The molecule has 5 heteroatoms. The van der Waals surface area contributed by atoms with Crippen LogP contribution in [0.25, 0.3) is 23.1 Å². The average Bonchev–Trinajstić information content (AvgIpc) is 2.56. The van der Waals surface area contributed by atoms with Crippen LogP contribution in [0.15, 0.2) is 59.4 Å². The van der Waals surface area contributed by atoms with Gasteiger partial charge in [-0.2, -0.15) is 0 Å². The molecule has 0 aliphatic heterocycles. The maximum absolute atomic E-state index is 12.5. The van der Waals surface area contributed by atoms with Gasteiger partial charge in [0.2, 0.25) is 0 Å². The molecule has 0 unspecified atom stereocenters. The molecule has 0 fully saturated rings. The van der Waals surface area contributed by atoms with Crippen molar-refractivity contribution in [3.05, 3.63) is 76.3 Å². The molecule has 1 heterocycles. The first-order valence-electron chi connectivity index (χ1n) is 7.09. The first kappa shape index (κ1) is 14.7. The highest BCUT2D eigenvalue weighted by atomic mass is 16.4. The molecular formula is C18H14N2O3. The van der Waals surface area contributed by atoms with Crippen LogP contribution in [0.4, 0.5) is 0 Å². The van der Waals surface area contributed by atoms with E-state index >= 15 is 0 Å². The third-order valence-electron chi connectivity index (χ3n) is 3.41. The van der Waals surface area contributed by atoms with Crippen LogP contribution in [0.5, 0.6) is 0 Å². The maximum atomic E-state index is 12.5. The number of carboxylic acids is 1. The molecule has 0 aliphatic carbocycles. The molecule has 0 spiro atoms. The van der Waals surface area contributed by atoms with Crippen LogP contribution in [-0.4, -0.2) is 20.6 Å². The maximum Gasteiger partial charge on any atom is 0.323 e. The number of nitrogens with zero attached hydrogens (tertiary/aromatic N) is 2. The first-order valence-corrected chi connectivity index (χ1v) is 7.09. The van der Waals surface area contributed by atoms with Gasteiger partial charge >= 0.3 is 5.97 Å². The lowest BCUT2D eigenvalue weighted by atomic mass is 10.2. The highest BCUT2D eigenvalue weighted by Gasteiger charge is 2.11. The molecule has 0 saturated carbocycles. The van der Waals surface area contributed by atoms with Crippen LogP contribution in [-0.2, 0) is 11.3 Å². The summed E-state index contributed by atoms with van der Waals surface area (Å²) in [6.45, 7) is -0.425. The van der Waals surface area contributed by atoms with E-state index in [9.17, 15) is 9.59 Å². The minimum absolute atomic E-state index is 0.319. The molecule has 1 aromatic heterocycles. The van der Waals surface area contributed by atoms with Crippen molar-refractivity contribution in [2.45, 2.75) is 6.54 Å². The van der Waals surface area contributed by atoms with Gasteiger partial charge in [-0.15, -0.1) is 0 Å². The van der Waals surface area contributed by atoms with Crippen molar-refractivity contribution >= 4 is 29.0 Å². The molecule has 2 aromatic carbocycles. The van der Waals surface area contributed by atoms with Crippen LogP contribution >= 0.6 is 0 Å². The van der Waals surface area contributed by atoms with Gasteiger partial charge in [-0.25, -0.2) is 4.98 Å². The number of hydrogen-bond acceptors (Lipinski definition) is 3. The molecule has 0 bridgehead atoms. The summed E-state index contributed by atoms with van der Waals surface area (Å²) in [5, 5.41) is 9.47. The van der Waals surface area contributed by atoms with E-state index in [-0.39, 0.29) is 5.56 Å². The summed E-state index contributed by atoms with van der Waals surface area (Å²) in [4.78, 5) is 28.0. The van der Waals surface area contributed by atoms with Crippen LogP contribution in [0, 0.1) is 0 Å². The summed E-state index contributed by atoms with van der Waals surface area (Å²) in [6, 6.07) is 16.4. The number of carbonyl (C=O) groups is 1. The molecule has 114 valence electrons. The monoisotopic (exact) mass is 306 g/mol. The van der Waals surface area contributed by atoms with Crippen molar-refractivity contribution in [3.63, 3.8) is 0 Å². The largest absolute Gasteiger partial charge is 0.480 e. The first-order chi connectivity index (χ1) is 11.1. The molecule has 1 N–H and O–H groups in total. The number of fused-ring (bicyclic) bond motifs is 1. The molecule has 3 rings (SSSR count). The lowest BCUT2D eigenvalue weighted by molar-refractivity contribution is -0.137. The number of carboxylic acid groups (broad SMARTS) is 1. The summed E-state index contributed by atoms with van der Waals surface area (Å²) >= 11 is 0. The van der Waals surface area contributed by atoms with Crippen LogP contribution in [0.1, 0.15) is 11.4 Å². The Kier molecular flexibility index (Phi) is 4.01. The minimum atomic E-state index is -1.08. The average molecular weight is 306 g/mol. The Morgan fingerprint density at radius 1 is 1.04 bits per heavy atom. The van der Waals surface area contributed by atoms with Gasteiger partial charge in [0.15, 0.2) is 0 Å². The van der Waals surface area contributed by atoms with Gasteiger partial charge in [0.05, 0.1) is 10.9 Å². The smallest absolute Gasteiger partial charge is 0.323 e. The molecule has 0 amide bonds. The highest BCUT2D eigenvalue weighted by Crippen LogP contribution is 2.11. The van der Waals surface area contributed by atoms with Crippen molar-refractivity contribution < 1.29 is 9.90 Å². The zero-order valence-electron chi connectivity index (χ0n) is 12.2. The molecule has 5 nitrogen and oxygen atoms in total. The fraction of sp³-hybridized carbons (Fsp3) is 0.0556. The van der Waals surface area contributed by atoms with E-state index in [0.717, 1.165) is 5.56 Å². The number of aromatic nitrogens is 2. The Balaban J connectivity index is 2.15. The van der Waals surface area contributed by atoms with E-state index in [2.05, 4.69) is 4.98 Å². The second kappa shape index (κ2) is 6.27. The van der Waals surface area contributed by atoms with E-state index in [0.29, 0.717) is 16.7 Å². The molecule has 3 aromatic rings. The van der Waals surface area contributed by atoms with Gasteiger partial charge in [0.1, 0.15) is 12.4 Å². The topological polar surface area (TPSA) is 72.2 Å². The van der Waals surface area contributed by atoms with Gasteiger partial charge in [-0.3, -0.25) is 14.2 Å². The second-order valence-electron chi connectivity index (χ2n) is 5.02. The van der Waals surface area contributed by atoms with Crippen molar-refractivity contribution in [3.8, 4) is 0 Å². The highest BCUT2D eigenvalue weighted by molar-refractivity contribution is 5.80. The zero-order valence-corrected chi connectivity index (χ0v) is 12.2. The summed E-state index contributed by atoms with van der Waals surface area (Å²) in [7, 11) is 0. The Bertz CT molecular complexity index is 943. The fourth-order valence-corrected chi connectivity index (χ4v) is 2.34. The van der Waals surface area contributed by atoms with E-state index in [4.69, 9.17) is 5.11 Å². The second-order valence-corrected chi connectivity index (χ2v) is 5.02. The quantitative estimate of drug-likeness (QED) is 0.804. The van der Waals surface area contributed by atoms with Crippen molar-refractivity contribution in [2.75, 3.05) is 0 Å². The number of aliphatic carboxylic acids is 1. The van der Waals surface area contributed by atoms with Gasteiger partial charge < -0.3 is 5.11 Å². The van der Waals surface area contributed by atoms with E-state index < -0.39 is 12.5 Å². The normalized spacial score (nSPS) is 11.1. The number of benzene rings is 2. The summed E-state index contributed by atoms with van der Waals surface area (Å²) < 4.78 is 1.17. The Hall–Kier alpha value is -3.21. The summed E-state index contributed by atoms with van der Waals surface area (Å²) in [6.07, 6.45) is 3.46. The van der Waals surface area contributed by atoms with Crippen LogP contribution in [0.2, 0.25) is 0 Å². The molecule has 0 saturated heterocycles. The van der Waals surface area contributed by atoms with Crippen LogP contribution < -0.4 is 5.56 Å². The number of rotatable bonds is 4. The molecule has 0 aliphatic rings. The van der Waals surface area contributed by atoms with Gasteiger partial charge in [-0.1, -0.05) is 48.5 Å². The predicted molar refractivity (Wildman–Crippen MR) is 89.0 cm³/mol. The third kappa shape index (κ3) is 3.18. The van der Waals surface area contributed by atoms with E-state index in [1.165, 1.54) is 4.57 Å². The molecule has 0 atom stereocenters. The van der Waals surface area contributed by atoms with Crippen LogP contribution in [0.3, 0.4) is 0 Å². The van der Waals surface area contributed by atoms with Crippen molar-refractivity contribution in [1.29, 1.82) is 0 Å². The Labute approximate surface area is 132 Å². The SMILES string of the molecule is O=C(O)Cn1c(/C=C/c2ccccc2)nc2ccccc2c1=O. The molecular weight excluding hydrogens is 292 g/mol. The number of hydrogen-bond donors (Lipinski definition) is 1. The molecule has 0 radical (unpaired) electrons. The van der Waals surface area contributed by atoms with Gasteiger partial charge in [0, 0.05) is 0 Å². The minimum Gasteiger partial charge on any atom is -0.480 e. The van der Waals surface area contributed by atoms with Crippen molar-refractivity contribution in [1.82, 2.24) is 9.55 Å². The van der Waals surface area contributed by atoms with Gasteiger partial charge in [-0.05, 0) is 23.8 Å². The summed E-state index contributed by atoms with van der Waals surface area (Å²) in [5.41, 5.74) is 1.13. The predicted octanol–water partition coefficient (Wildman–Crippen LogP) is 2.65. The zero-order chi connectivity index (χ0) is 16.2. The van der Waals surface area contributed by atoms with E-state index in [1.807, 2.05) is 30.3 Å². The third-order valence-corrected chi connectivity index (χ3v) is 3.41. The summed E-state index contributed by atoms with van der Waals surface area (Å²) in [5.74, 6) is -0.765. The standard InChI is InChI=1S/C18H14N2O3/c21-17(22)12-20-16(11-10-13-6-2-1-3-7-13)19-15-9-5-4-8-14(15)18(20)23/h1-11H,12H2,(H,21,22)/b11-10+. The Morgan fingerprint density at radius 2 is 1.74 bits per heavy atom. The molecule has 23 heavy (non-hydrogen) atoms. The van der Waals surface area contributed by atoms with E-state index in [1.54, 1.807) is 36.4 Å². The lowest BCUT2D eigenvalue weighted by Gasteiger charge is -2.08. The number of para-hydroxylation sites is 1.